The van der Waals surface area contributed by atoms with E-state index in [0.717, 1.165) is 11.3 Å². The van der Waals surface area contributed by atoms with E-state index in [1.807, 2.05) is 31.2 Å². The topological polar surface area (TPSA) is 46.6 Å². The van der Waals surface area contributed by atoms with Crippen molar-refractivity contribution in [3.05, 3.63) is 29.8 Å². The first-order chi connectivity index (χ1) is 8.09. The SMILES string of the molecule is CC[C@@]1(C(=O)OC)C(=O)N(C)c2ccccc21. The molecule has 0 radical (unpaired) electrons. The van der Waals surface area contributed by atoms with Crippen LogP contribution < -0.4 is 4.90 Å². The summed E-state index contributed by atoms with van der Waals surface area (Å²) in [6.07, 6.45) is 0.403. The van der Waals surface area contributed by atoms with E-state index in [4.69, 9.17) is 4.74 Å². The Morgan fingerprint density at radius 1 is 1.41 bits per heavy atom. The maximum absolute atomic E-state index is 12.3. The van der Waals surface area contributed by atoms with Gasteiger partial charge in [0, 0.05) is 18.3 Å². The van der Waals surface area contributed by atoms with Crippen LogP contribution in [-0.4, -0.2) is 26.0 Å². The predicted octanol–water partition coefficient (Wildman–Crippen LogP) is 1.48. The molecule has 1 aromatic rings. The fraction of sp³-hybridized carbons (Fsp3) is 0.385. The third-order valence-corrected chi connectivity index (χ3v) is 3.46. The fourth-order valence-corrected chi connectivity index (χ4v) is 2.50. The zero-order chi connectivity index (χ0) is 12.6. The number of benzene rings is 1. The molecular formula is C13H15NO3. The molecule has 1 aliphatic heterocycles. The van der Waals surface area contributed by atoms with Crippen LogP contribution in [0.5, 0.6) is 0 Å². The van der Waals surface area contributed by atoms with Gasteiger partial charge in [0.25, 0.3) is 0 Å². The van der Waals surface area contributed by atoms with E-state index in [0.29, 0.717) is 6.42 Å². The lowest BCUT2D eigenvalue weighted by Gasteiger charge is -2.23. The molecule has 4 heteroatoms. The number of anilines is 1. The normalized spacial score (nSPS) is 22.5. The average molecular weight is 233 g/mol. The van der Waals surface area contributed by atoms with Gasteiger partial charge in [-0.1, -0.05) is 25.1 Å². The summed E-state index contributed by atoms with van der Waals surface area (Å²) in [6, 6.07) is 7.34. The van der Waals surface area contributed by atoms with Crippen LogP contribution in [0, 0.1) is 0 Å². The molecule has 0 spiro atoms. The highest BCUT2D eigenvalue weighted by molar-refractivity contribution is 6.20. The monoisotopic (exact) mass is 233 g/mol. The highest BCUT2D eigenvalue weighted by atomic mass is 16.5. The number of esters is 1. The maximum Gasteiger partial charge on any atom is 0.326 e. The molecule has 0 N–H and O–H groups in total. The van der Waals surface area contributed by atoms with Gasteiger partial charge in [0.2, 0.25) is 5.91 Å². The molecule has 1 aliphatic rings. The highest BCUT2D eigenvalue weighted by Gasteiger charge is 2.54. The third kappa shape index (κ3) is 1.30. The zero-order valence-electron chi connectivity index (χ0n) is 10.2. The van der Waals surface area contributed by atoms with Crippen LogP contribution in [0.2, 0.25) is 0 Å². The van der Waals surface area contributed by atoms with Crippen molar-refractivity contribution in [2.45, 2.75) is 18.8 Å². The molecule has 0 aromatic heterocycles. The molecular weight excluding hydrogens is 218 g/mol. The van der Waals surface area contributed by atoms with Crippen molar-refractivity contribution in [3.8, 4) is 0 Å². The summed E-state index contributed by atoms with van der Waals surface area (Å²) in [5, 5.41) is 0. The van der Waals surface area contributed by atoms with Gasteiger partial charge in [0.1, 0.15) is 0 Å². The Hall–Kier alpha value is -1.84. The van der Waals surface area contributed by atoms with E-state index < -0.39 is 11.4 Å². The third-order valence-electron chi connectivity index (χ3n) is 3.46. The molecule has 4 nitrogen and oxygen atoms in total. The van der Waals surface area contributed by atoms with Gasteiger partial charge in [-0.15, -0.1) is 0 Å². The summed E-state index contributed by atoms with van der Waals surface area (Å²) in [4.78, 5) is 25.9. The molecule has 1 amide bonds. The van der Waals surface area contributed by atoms with Gasteiger partial charge >= 0.3 is 5.97 Å². The van der Waals surface area contributed by atoms with E-state index in [2.05, 4.69) is 0 Å². The largest absolute Gasteiger partial charge is 0.468 e. The number of carbonyl (C=O) groups excluding carboxylic acids is 2. The molecule has 0 fully saturated rings. The molecule has 0 unspecified atom stereocenters. The molecule has 1 heterocycles. The summed E-state index contributed by atoms with van der Waals surface area (Å²) >= 11 is 0. The first-order valence-corrected chi connectivity index (χ1v) is 5.55. The molecule has 1 atom stereocenters. The minimum atomic E-state index is -1.17. The number of nitrogens with zero attached hydrogens (tertiary/aromatic N) is 1. The van der Waals surface area contributed by atoms with Gasteiger partial charge in [0.05, 0.1) is 7.11 Å². The standard InChI is InChI=1S/C13H15NO3/c1-4-13(12(16)17-3)9-7-5-6-8-10(9)14(2)11(13)15/h5-8H,4H2,1-3H3/t13-/m0/s1. The van der Waals surface area contributed by atoms with Gasteiger partial charge in [0.15, 0.2) is 5.41 Å². The van der Waals surface area contributed by atoms with Crippen molar-refractivity contribution in [1.29, 1.82) is 0 Å². The van der Waals surface area contributed by atoms with Crippen molar-refractivity contribution in [2.24, 2.45) is 0 Å². The zero-order valence-corrected chi connectivity index (χ0v) is 10.2. The van der Waals surface area contributed by atoms with Crippen LogP contribution in [0.25, 0.3) is 0 Å². The van der Waals surface area contributed by atoms with Gasteiger partial charge in [-0.3, -0.25) is 9.59 Å². The van der Waals surface area contributed by atoms with Crippen LogP contribution in [0.4, 0.5) is 5.69 Å². The van der Waals surface area contributed by atoms with Gasteiger partial charge in [-0.2, -0.15) is 0 Å². The number of rotatable bonds is 2. The highest BCUT2D eigenvalue weighted by Crippen LogP contribution is 2.43. The molecule has 17 heavy (non-hydrogen) atoms. The first-order valence-electron chi connectivity index (χ1n) is 5.55. The smallest absolute Gasteiger partial charge is 0.326 e. The number of amides is 1. The lowest BCUT2D eigenvalue weighted by Crippen LogP contribution is -2.45. The Bertz CT molecular complexity index is 483. The number of hydrogen-bond acceptors (Lipinski definition) is 3. The Labute approximate surface area is 100 Å². The summed E-state index contributed by atoms with van der Waals surface area (Å²) < 4.78 is 4.82. The molecule has 2 rings (SSSR count). The second-order valence-corrected chi connectivity index (χ2v) is 4.13. The van der Waals surface area contributed by atoms with Crippen LogP contribution in [0.3, 0.4) is 0 Å². The number of methoxy groups -OCH3 is 1. The average Bonchev–Trinajstić information content (AvgIpc) is 2.60. The van der Waals surface area contributed by atoms with Crippen molar-refractivity contribution in [2.75, 3.05) is 19.1 Å². The number of ether oxygens (including phenoxy) is 1. The summed E-state index contributed by atoms with van der Waals surface area (Å²) in [6.45, 7) is 1.82. The summed E-state index contributed by atoms with van der Waals surface area (Å²) in [5.74, 6) is -0.699. The minimum absolute atomic E-state index is 0.215. The van der Waals surface area contributed by atoms with E-state index >= 15 is 0 Å². The Morgan fingerprint density at radius 3 is 2.65 bits per heavy atom. The number of fused-ring (bicyclic) bond motifs is 1. The van der Waals surface area contributed by atoms with Crippen molar-refractivity contribution >= 4 is 17.6 Å². The van der Waals surface area contributed by atoms with Crippen molar-refractivity contribution in [1.82, 2.24) is 0 Å². The van der Waals surface area contributed by atoms with Crippen LogP contribution >= 0.6 is 0 Å². The Balaban J connectivity index is 2.69. The van der Waals surface area contributed by atoms with E-state index in [9.17, 15) is 9.59 Å². The van der Waals surface area contributed by atoms with Crippen LogP contribution in [0.15, 0.2) is 24.3 Å². The molecule has 1 aromatic carbocycles. The lowest BCUT2D eigenvalue weighted by atomic mass is 9.79. The summed E-state index contributed by atoms with van der Waals surface area (Å²) in [7, 11) is 3.00. The lowest BCUT2D eigenvalue weighted by molar-refractivity contribution is -0.151. The molecule has 0 saturated heterocycles. The minimum Gasteiger partial charge on any atom is -0.468 e. The van der Waals surface area contributed by atoms with Crippen molar-refractivity contribution in [3.63, 3.8) is 0 Å². The Kier molecular flexibility index (Phi) is 2.65. The fourth-order valence-electron chi connectivity index (χ4n) is 2.50. The second kappa shape index (κ2) is 3.87. The Morgan fingerprint density at radius 2 is 2.06 bits per heavy atom. The second-order valence-electron chi connectivity index (χ2n) is 4.13. The summed E-state index contributed by atoms with van der Waals surface area (Å²) in [5.41, 5.74) is 0.353. The van der Waals surface area contributed by atoms with Gasteiger partial charge in [-0.05, 0) is 12.5 Å². The quantitative estimate of drug-likeness (QED) is 0.574. The van der Waals surface area contributed by atoms with Gasteiger partial charge < -0.3 is 9.64 Å². The van der Waals surface area contributed by atoms with E-state index in [-0.39, 0.29) is 5.91 Å². The van der Waals surface area contributed by atoms with E-state index in [1.165, 1.54) is 12.0 Å². The van der Waals surface area contributed by atoms with Crippen LogP contribution in [-0.2, 0) is 19.7 Å². The molecule has 90 valence electrons. The number of hydrogen-bond donors (Lipinski definition) is 0. The molecule has 0 bridgehead atoms. The number of likely N-dealkylation sites (N-methyl/N-ethyl adjacent to an activating group) is 1. The first kappa shape index (κ1) is 11.6. The van der Waals surface area contributed by atoms with Crippen LogP contribution in [0.1, 0.15) is 18.9 Å². The molecule has 0 saturated carbocycles. The predicted molar refractivity (Wildman–Crippen MR) is 63.8 cm³/mol. The number of carbonyl (C=O) groups is 2. The number of para-hydroxylation sites is 1. The van der Waals surface area contributed by atoms with Crippen molar-refractivity contribution < 1.29 is 14.3 Å². The maximum atomic E-state index is 12.3. The van der Waals surface area contributed by atoms with Gasteiger partial charge in [-0.25, -0.2) is 0 Å². The van der Waals surface area contributed by atoms with E-state index in [1.54, 1.807) is 7.05 Å². The molecule has 0 aliphatic carbocycles.